The molecule has 1 aromatic rings. The molecule has 0 unspecified atom stereocenters. The summed E-state index contributed by atoms with van der Waals surface area (Å²) in [6.07, 6.45) is 4.85. The molecule has 5 heteroatoms. The Bertz CT molecular complexity index is 374. The molecule has 0 aromatic carbocycles. The second kappa shape index (κ2) is 7.76. The van der Waals surface area contributed by atoms with Crippen molar-refractivity contribution in [3.63, 3.8) is 0 Å². The number of nitrogens with two attached hydrogens (primary N) is 1. The van der Waals surface area contributed by atoms with Crippen LogP contribution in [-0.4, -0.2) is 30.7 Å². The van der Waals surface area contributed by atoms with Crippen molar-refractivity contribution in [1.82, 2.24) is 9.88 Å². The molecule has 1 aromatic heterocycles. The van der Waals surface area contributed by atoms with E-state index in [1.54, 1.807) is 19.4 Å². The summed E-state index contributed by atoms with van der Waals surface area (Å²) in [5, 5.41) is 2.91. The van der Waals surface area contributed by atoms with E-state index in [2.05, 4.69) is 5.32 Å². The van der Waals surface area contributed by atoms with Crippen LogP contribution >= 0.6 is 0 Å². The number of unbranched alkanes of at least 4 members (excludes halogenated alkanes) is 2. The van der Waals surface area contributed by atoms with Crippen LogP contribution in [-0.2, 0) is 11.3 Å². The second-order valence-corrected chi connectivity index (χ2v) is 4.25. The molecule has 102 valence electrons. The predicted octanol–water partition coefficient (Wildman–Crippen LogP) is 1.64. The first-order chi connectivity index (χ1) is 8.69. The number of aromatic nitrogens is 1. The molecule has 0 radical (unpaired) electrons. The van der Waals surface area contributed by atoms with Crippen molar-refractivity contribution in [2.24, 2.45) is 0 Å². The third-order valence-electron chi connectivity index (χ3n) is 2.80. The summed E-state index contributed by atoms with van der Waals surface area (Å²) in [5.74, 6) is -0.0553. The van der Waals surface area contributed by atoms with Gasteiger partial charge in [0.25, 0.3) is 5.91 Å². The van der Waals surface area contributed by atoms with E-state index in [1.807, 2.05) is 11.5 Å². The molecule has 18 heavy (non-hydrogen) atoms. The number of hydrogen-bond acceptors (Lipinski definition) is 3. The fraction of sp³-hybridized carbons (Fsp3) is 0.615. The van der Waals surface area contributed by atoms with Crippen molar-refractivity contribution < 1.29 is 9.53 Å². The lowest BCUT2D eigenvalue weighted by Gasteiger charge is -2.07. The zero-order valence-electron chi connectivity index (χ0n) is 11.2. The number of ether oxygens (including phenoxy) is 1. The normalized spacial score (nSPS) is 10.6. The lowest BCUT2D eigenvalue weighted by atomic mass is 10.2. The van der Waals surface area contributed by atoms with Crippen LogP contribution < -0.4 is 11.1 Å². The Morgan fingerprint density at radius 1 is 1.44 bits per heavy atom. The van der Waals surface area contributed by atoms with Crippen molar-refractivity contribution in [1.29, 1.82) is 0 Å². The molecule has 0 aliphatic rings. The van der Waals surface area contributed by atoms with Gasteiger partial charge in [-0.2, -0.15) is 0 Å². The molecular formula is C13H23N3O2. The zero-order valence-corrected chi connectivity index (χ0v) is 11.2. The molecule has 1 amide bonds. The standard InChI is InChI=1S/C13H23N3O2/c1-3-16-10-11(14)9-12(16)13(17)15-7-5-4-6-8-18-2/h9-10H,3-8,14H2,1-2H3,(H,15,17). The number of carbonyl (C=O) groups excluding carboxylic acids is 1. The first-order valence-corrected chi connectivity index (χ1v) is 6.41. The largest absolute Gasteiger partial charge is 0.397 e. The Morgan fingerprint density at radius 3 is 2.89 bits per heavy atom. The quantitative estimate of drug-likeness (QED) is 0.692. The van der Waals surface area contributed by atoms with Crippen LogP contribution in [0.25, 0.3) is 0 Å². The summed E-state index contributed by atoms with van der Waals surface area (Å²) >= 11 is 0. The van der Waals surface area contributed by atoms with Crippen LogP contribution in [0.15, 0.2) is 12.3 Å². The maximum Gasteiger partial charge on any atom is 0.267 e. The van der Waals surface area contributed by atoms with Crippen LogP contribution in [0.4, 0.5) is 5.69 Å². The number of nitrogens with one attached hydrogen (secondary N) is 1. The Hall–Kier alpha value is -1.49. The minimum Gasteiger partial charge on any atom is -0.397 e. The summed E-state index contributed by atoms with van der Waals surface area (Å²) in [5.41, 5.74) is 6.95. The number of amides is 1. The van der Waals surface area contributed by atoms with Crippen molar-refractivity contribution in [2.75, 3.05) is 26.0 Å². The second-order valence-electron chi connectivity index (χ2n) is 4.25. The third-order valence-corrected chi connectivity index (χ3v) is 2.80. The number of nitrogens with zero attached hydrogens (tertiary/aromatic N) is 1. The minimum absolute atomic E-state index is 0.0553. The summed E-state index contributed by atoms with van der Waals surface area (Å²) in [6.45, 7) is 4.20. The Kier molecular flexibility index (Phi) is 6.28. The van der Waals surface area contributed by atoms with Gasteiger partial charge < -0.3 is 20.4 Å². The number of rotatable bonds is 8. The molecule has 0 aliphatic heterocycles. The molecule has 5 nitrogen and oxygen atoms in total. The van der Waals surface area contributed by atoms with Gasteiger partial charge in [-0.3, -0.25) is 4.79 Å². The van der Waals surface area contributed by atoms with Crippen molar-refractivity contribution in [3.8, 4) is 0 Å². The Labute approximate surface area is 108 Å². The van der Waals surface area contributed by atoms with Gasteiger partial charge >= 0.3 is 0 Å². The summed E-state index contributed by atoms with van der Waals surface area (Å²) < 4.78 is 6.82. The molecule has 1 rings (SSSR count). The number of carbonyl (C=O) groups is 1. The first kappa shape index (κ1) is 14.6. The highest BCUT2D eigenvalue weighted by atomic mass is 16.5. The summed E-state index contributed by atoms with van der Waals surface area (Å²) in [7, 11) is 1.70. The molecule has 0 saturated heterocycles. The van der Waals surface area contributed by atoms with Crippen molar-refractivity contribution in [3.05, 3.63) is 18.0 Å². The molecular weight excluding hydrogens is 230 g/mol. The fourth-order valence-electron chi connectivity index (χ4n) is 1.83. The molecule has 3 N–H and O–H groups in total. The summed E-state index contributed by atoms with van der Waals surface area (Å²) in [4.78, 5) is 11.9. The Morgan fingerprint density at radius 2 is 2.22 bits per heavy atom. The molecule has 0 saturated carbocycles. The van der Waals surface area contributed by atoms with Gasteiger partial charge in [-0.25, -0.2) is 0 Å². The van der Waals surface area contributed by atoms with E-state index in [9.17, 15) is 4.79 Å². The molecule has 0 spiro atoms. The first-order valence-electron chi connectivity index (χ1n) is 6.41. The maximum absolute atomic E-state index is 11.9. The van der Waals surface area contributed by atoms with Gasteiger partial charge in [-0.05, 0) is 32.3 Å². The van der Waals surface area contributed by atoms with E-state index in [0.29, 0.717) is 17.9 Å². The maximum atomic E-state index is 11.9. The van der Waals surface area contributed by atoms with Gasteiger partial charge in [0.2, 0.25) is 0 Å². The van der Waals surface area contributed by atoms with E-state index in [-0.39, 0.29) is 5.91 Å². The Balaban J connectivity index is 2.32. The highest BCUT2D eigenvalue weighted by Gasteiger charge is 2.10. The average Bonchev–Trinajstić information content (AvgIpc) is 2.74. The lowest BCUT2D eigenvalue weighted by Crippen LogP contribution is -2.26. The molecule has 0 atom stereocenters. The molecule has 0 fully saturated rings. The number of hydrogen-bond donors (Lipinski definition) is 2. The SMILES string of the molecule is CCn1cc(N)cc1C(=O)NCCCCCOC. The number of methoxy groups -OCH3 is 1. The van der Waals surface area contributed by atoms with Gasteiger partial charge in [-0.1, -0.05) is 0 Å². The summed E-state index contributed by atoms with van der Waals surface area (Å²) in [6, 6.07) is 1.71. The van der Waals surface area contributed by atoms with E-state index >= 15 is 0 Å². The average molecular weight is 253 g/mol. The van der Waals surface area contributed by atoms with Crippen LogP contribution in [0.2, 0.25) is 0 Å². The van der Waals surface area contributed by atoms with Gasteiger partial charge in [0.15, 0.2) is 0 Å². The zero-order chi connectivity index (χ0) is 13.4. The molecule has 1 heterocycles. The monoisotopic (exact) mass is 253 g/mol. The lowest BCUT2D eigenvalue weighted by molar-refractivity contribution is 0.0943. The van der Waals surface area contributed by atoms with E-state index in [1.165, 1.54) is 0 Å². The van der Waals surface area contributed by atoms with Crippen LogP contribution in [0.5, 0.6) is 0 Å². The van der Waals surface area contributed by atoms with Crippen LogP contribution in [0.3, 0.4) is 0 Å². The van der Waals surface area contributed by atoms with Gasteiger partial charge in [-0.15, -0.1) is 0 Å². The topological polar surface area (TPSA) is 69.3 Å². The van der Waals surface area contributed by atoms with Gasteiger partial charge in [0.05, 0.1) is 5.69 Å². The van der Waals surface area contributed by atoms with E-state index in [0.717, 1.165) is 32.4 Å². The molecule has 0 bridgehead atoms. The smallest absolute Gasteiger partial charge is 0.267 e. The minimum atomic E-state index is -0.0553. The van der Waals surface area contributed by atoms with Crippen molar-refractivity contribution in [2.45, 2.75) is 32.7 Å². The van der Waals surface area contributed by atoms with Crippen LogP contribution in [0.1, 0.15) is 36.7 Å². The number of anilines is 1. The fourth-order valence-corrected chi connectivity index (χ4v) is 1.83. The number of nitrogen functional groups attached to an aromatic ring is 1. The number of aryl methyl sites for hydroxylation is 1. The van der Waals surface area contributed by atoms with E-state index < -0.39 is 0 Å². The van der Waals surface area contributed by atoms with Crippen molar-refractivity contribution >= 4 is 11.6 Å². The highest BCUT2D eigenvalue weighted by Crippen LogP contribution is 2.10. The third kappa shape index (κ3) is 4.41. The van der Waals surface area contributed by atoms with Gasteiger partial charge in [0.1, 0.15) is 5.69 Å². The van der Waals surface area contributed by atoms with Gasteiger partial charge in [0, 0.05) is 33.0 Å². The van der Waals surface area contributed by atoms with E-state index in [4.69, 9.17) is 10.5 Å². The molecule has 0 aliphatic carbocycles. The van der Waals surface area contributed by atoms with Crippen LogP contribution in [0, 0.1) is 0 Å². The highest BCUT2D eigenvalue weighted by molar-refractivity contribution is 5.93. The predicted molar refractivity (Wildman–Crippen MR) is 72.6 cm³/mol.